The second-order valence-electron chi connectivity index (χ2n) is 4.37. The van der Waals surface area contributed by atoms with Gasteiger partial charge in [0.15, 0.2) is 0 Å². The maximum Gasteiger partial charge on any atom is 0.203 e. The number of nitrogens with two attached hydrogens (primary N) is 1. The number of aryl methyl sites for hydroxylation is 1. The molecule has 1 unspecified atom stereocenters. The Kier molecular flexibility index (Phi) is 2.57. The van der Waals surface area contributed by atoms with Crippen LogP contribution in [0, 0.1) is 0 Å². The van der Waals surface area contributed by atoms with Gasteiger partial charge in [-0.25, -0.2) is 4.98 Å². The number of nitrogens with one attached hydrogen (secondary N) is 1. The smallest absolute Gasteiger partial charge is 0.203 e. The molecule has 1 aromatic carbocycles. The van der Waals surface area contributed by atoms with Gasteiger partial charge in [-0.3, -0.25) is 0 Å². The molecule has 4 nitrogen and oxygen atoms in total. The molecule has 1 atom stereocenters. The molecule has 0 saturated heterocycles. The predicted molar refractivity (Wildman–Crippen MR) is 68.7 cm³/mol. The van der Waals surface area contributed by atoms with E-state index in [1.807, 2.05) is 18.2 Å². The van der Waals surface area contributed by atoms with Crippen molar-refractivity contribution in [3.8, 4) is 11.3 Å². The van der Waals surface area contributed by atoms with E-state index in [1.54, 1.807) is 0 Å². The highest BCUT2D eigenvalue weighted by Crippen LogP contribution is 2.24. The number of fused-ring (bicyclic) bond motifs is 1. The molecule has 0 saturated carbocycles. The Morgan fingerprint density at radius 2 is 2.18 bits per heavy atom. The molecule has 0 radical (unpaired) electrons. The molecule has 1 aliphatic rings. The summed E-state index contributed by atoms with van der Waals surface area (Å²) in [5.41, 5.74) is 7.85. The zero-order chi connectivity index (χ0) is 11.7. The fourth-order valence-electron chi connectivity index (χ4n) is 2.18. The average Bonchev–Trinajstić information content (AvgIpc) is 2.82. The third kappa shape index (κ3) is 1.91. The summed E-state index contributed by atoms with van der Waals surface area (Å²) >= 11 is 0. The first-order valence-electron chi connectivity index (χ1n) is 5.96. The molecular formula is C13H16N4. The zero-order valence-corrected chi connectivity index (χ0v) is 9.63. The molecule has 2 heterocycles. The number of benzene rings is 1. The Morgan fingerprint density at radius 3 is 2.94 bits per heavy atom. The molecule has 3 N–H and O–H groups in total. The highest BCUT2D eigenvalue weighted by molar-refractivity contribution is 5.60. The van der Waals surface area contributed by atoms with Crippen molar-refractivity contribution in [2.45, 2.75) is 19.0 Å². The van der Waals surface area contributed by atoms with Crippen LogP contribution < -0.4 is 11.1 Å². The van der Waals surface area contributed by atoms with E-state index in [0.29, 0.717) is 12.6 Å². The summed E-state index contributed by atoms with van der Waals surface area (Å²) in [6, 6.07) is 10.6. The lowest BCUT2D eigenvalue weighted by Crippen LogP contribution is -2.34. The summed E-state index contributed by atoms with van der Waals surface area (Å²) in [7, 11) is 0. The number of rotatable bonds is 2. The molecule has 0 bridgehead atoms. The molecule has 3 rings (SSSR count). The fourth-order valence-corrected chi connectivity index (χ4v) is 2.18. The van der Waals surface area contributed by atoms with E-state index in [-0.39, 0.29) is 0 Å². The van der Waals surface area contributed by atoms with Gasteiger partial charge in [-0.1, -0.05) is 30.3 Å². The van der Waals surface area contributed by atoms with Crippen molar-refractivity contribution in [2.75, 3.05) is 11.9 Å². The van der Waals surface area contributed by atoms with Crippen molar-refractivity contribution in [2.24, 2.45) is 5.73 Å². The Hall–Kier alpha value is -1.81. The van der Waals surface area contributed by atoms with Crippen molar-refractivity contribution in [1.82, 2.24) is 9.55 Å². The molecule has 0 spiro atoms. The molecule has 0 aliphatic carbocycles. The Bertz CT molecular complexity index is 503. The maximum absolute atomic E-state index is 5.68. The van der Waals surface area contributed by atoms with Crippen LogP contribution in [0.25, 0.3) is 11.3 Å². The highest BCUT2D eigenvalue weighted by atomic mass is 15.2. The molecule has 88 valence electrons. The van der Waals surface area contributed by atoms with Gasteiger partial charge in [0.2, 0.25) is 5.95 Å². The van der Waals surface area contributed by atoms with E-state index in [9.17, 15) is 0 Å². The Balaban J connectivity index is 1.93. The van der Waals surface area contributed by atoms with E-state index in [0.717, 1.165) is 30.2 Å². The zero-order valence-electron chi connectivity index (χ0n) is 9.63. The third-order valence-electron chi connectivity index (χ3n) is 3.18. The standard InChI is InChI=1S/C13H16N4/c14-8-11-6-7-17-9-12(16-13(17)15-11)10-4-2-1-3-5-10/h1-5,9,11H,6-8,14H2,(H,15,16). The van der Waals surface area contributed by atoms with Crippen LogP contribution in [0.2, 0.25) is 0 Å². The molecule has 4 heteroatoms. The van der Waals surface area contributed by atoms with Crippen molar-refractivity contribution < 1.29 is 0 Å². The van der Waals surface area contributed by atoms with Crippen molar-refractivity contribution in [3.63, 3.8) is 0 Å². The summed E-state index contributed by atoms with van der Waals surface area (Å²) in [6.07, 6.45) is 3.17. The second kappa shape index (κ2) is 4.22. The lowest BCUT2D eigenvalue weighted by molar-refractivity contribution is 0.532. The average molecular weight is 228 g/mol. The van der Waals surface area contributed by atoms with Gasteiger partial charge >= 0.3 is 0 Å². The van der Waals surface area contributed by atoms with E-state index < -0.39 is 0 Å². The summed E-state index contributed by atoms with van der Waals surface area (Å²) in [5, 5.41) is 3.36. The minimum absolute atomic E-state index is 0.355. The Labute approximate surface area is 100 Å². The molecule has 0 amide bonds. The maximum atomic E-state index is 5.68. The van der Waals surface area contributed by atoms with E-state index >= 15 is 0 Å². The first kappa shape index (κ1) is 10.4. The molecule has 1 aliphatic heterocycles. The minimum atomic E-state index is 0.355. The van der Waals surface area contributed by atoms with E-state index in [1.165, 1.54) is 0 Å². The van der Waals surface area contributed by atoms with Crippen LogP contribution in [-0.4, -0.2) is 22.1 Å². The number of hydrogen-bond acceptors (Lipinski definition) is 3. The van der Waals surface area contributed by atoms with E-state index in [2.05, 4.69) is 33.2 Å². The predicted octanol–water partition coefficient (Wildman–Crippen LogP) is 1.69. The van der Waals surface area contributed by atoms with Gasteiger partial charge in [-0.15, -0.1) is 0 Å². The number of hydrogen-bond donors (Lipinski definition) is 2. The minimum Gasteiger partial charge on any atom is -0.352 e. The summed E-state index contributed by atoms with van der Waals surface area (Å²) < 4.78 is 2.16. The summed E-state index contributed by atoms with van der Waals surface area (Å²) in [4.78, 5) is 4.62. The highest BCUT2D eigenvalue weighted by Gasteiger charge is 2.18. The van der Waals surface area contributed by atoms with Gasteiger partial charge in [-0.2, -0.15) is 0 Å². The molecular weight excluding hydrogens is 212 g/mol. The van der Waals surface area contributed by atoms with Crippen LogP contribution in [0.15, 0.2) is 36.5 Å². The SMILES string of the molecule is NCC1CCn2cc(-c3ccccc3)nc2N1. The van der Waals surface area contributed by atoms with Crippen molar-refractivity contribution >= 4 is 5.95 Å². The monoisotopic (exact) mass is 228 g/mol. The van der Waals surface area contributed by atoms with Gasteiger partial charge < -0.3 is 15.6 Å². The van der Waals surface area contributed by atoms with Gasteiger partial charge in [0.05, 0.1) is 5.69 Å². The normalized spacial score (nSPS) is 18.5. The number of aromatic nitrogens is 2. The van der Waals surface area contributed by atoms with Gasteiger partial charge in [-0.05, 0) is 6.42 Å². The van der Waals surface area contributed by atoms with Crippen LogP contribution in [0.3, 0.4) is 0 Å². The van der Waals surface area contributed by atoms with Crippen LogP contribution in [0.1, 0.15) is 6.42 Å². The first-order valence-corrected chi connectivity index (χ1v) is 5.96. The van der Waals surface area contributed by atoms with Crippen LogP contribution in [0.4, 0.5) is 5.95 Å². The van der Waals surface area contributed by atoms with Crippen LogP contribution in [0.5, 0.6) is 0 Å². The second-order valence-corrected chi connectivity index (χ2v) is 4.37. The third-order valence-corrected chi connectivity index (χ3v) is 3.18. The van der Waals surface area contributed by atoms with Crippen molar-refractivity contribution in [3.05, 3.63) is 36.5 Å². The topological polar surface area (TPSA) is 55.9 Å². The largest absolute Gasteiger partial charge is 0.352 e. The molecule has 17 heavy (non-hydrogen) atoms. The van der Waals surface area contributed by atoms with Gasteiger partial charge in [0, 0.05) is 30.9 Å². The molecule has 2 aromatic rings. The molecule has 0 fully saturated rings. The number of anilines is 1. The summed E-state index contributed by atoms with van der Waals surface area (Å²) in [5.74, 6) is 0.936. The van der Waals surface area contributed by atoms with E-state index in [4.69, 9.17) is 5.73 Å². The van der Waals surface area contributed by atoms with Crippen LogP contribution >= 0.6 is 0 Å². The summed E-state index contributed by atoms with van der Waals surface area (Å²) in [6.45, 7) is 1.65. The van der Waals surface area contributed by atoms with Crippen molar-refractivity contribution in [1.29, 1.82) is 0 Å². The number of nitrogens with zero attached hydrogens (tertiary/aromatic N) is 2. The van der Waals surface area contributed by atoms with Crippen LogP contribution in [-0.2, 0) is 6.54 Å². The molecule has 1 aromatic heterocycles. The lowest BCUT2D eigenvalue weighted by Gasteiger charge is -2.23. The number of imidazole rings is 1. The fraction of sp³-hybridized carbons (Fsp3) is 0.308. The first-order chi connectivity index (χ1) is 8.36. The lowest BCUT2D eigenvalue weighted by atomic mass is 10.2. The van der Waals surface area contributed by atoms with Gasteiger partial charge in [0.1, 0.15) is 0 Å². The van der Waals surface area contributed by atoms with Gasteiger partial charge in [0.25, 0.3) is 0 Å². The Morgan fingerprint density at radius 1 is 1.35 bits per heavy atom. The quantitative estimate of drug-likeness (QED) is 0.822.